The number of benzene rings is 4. The van der Waals surface area contributed by atoms with Crippen LogP contribution in [0.25, 0.3) is 0 Å². The Morgan fingerprint density at radius 3 is 2.17 bits per heavy atom. The summed E-state index contributed by atoms with van der Waals surface area (Å²) in [6, 6.07) is 19.2. The van der Waals surface area contributed by atoms with Crippen molar-refractivity contribution in [3.05, 3.63) is 115 Å². The van der Waals surface area contributed by atoms with Gasteiger partial charge in [0.25, 0.3) is 0 Å². The molecule has 0 bridgehead atoms. The molecule has 4 aromatic carbocycles. The number of carbonyl (C=O) groups is 1. The average Bonchev–Trinajstić information content (AvgIpc) is 2.87. The first-order chi connectivity index (χ1) is 19.0. The second-order valence-electron chi connectivity index (χ2n) is 9.90. The zero-order valence-corrected chi connectivity index (χ0v) is 25.6. The predicted molar refractivity (Wildman–Crippen MR) is 161 cm³/mol. The molecule has 2 N–H and O–H groups in total. The van der Waals surface area contributed by atoms with E-state index in [1.165, 1.54) is 6.07 Å². The third-order valence-electron chi connectivity index (χ3n) is 6.60. The Bertz CT molecular complexity index is 1540. The van der Waals surface area contributed by atoms with Crippen LogP contribution in [-0.4, -0.2) is 23.3 Å². The summed E-state index contributed by atoms with van der Waals surface area (Å²) in [6.07, 6.45) is -0.137. The molecule has 0 heterocycles. The first kappa shape index (κ1) is 29.6. The summed E-state index contributed by atoms with van der Waals surface area (Å²) in [7, 11) is 1.61. The van der Waals surface area contributed by atoms with Crippen molar-refractivity contribution in [3.8, 4) is 23.0 Å². The van der Waals surface area contributed by atoms with Crippen LogP contribution in [0.15, 0.2) is 75.7 Å². The molecular weight excluding hydrogens is 643 g/mol. The van der Waals surface area contributed by atoms with Gasteiger partial charge in [0.1, 0.15) is 23.1 Å². The van der Waals surface area contributed by atoms with E-state index in [-0.39, 0.29) is 18.1 Å². The fourth-order valence-corrected chi connectivity index (χ4v) is 6.21. The molecule has 0 aliphatic carbocycles. The minimum absolute atomic E-state index is 0.104. The molecular formula is C32H29Br2FO5. The lowest BCUT2D eigenvalue weighted by molar-refractivity contribution is -0.136. The molecule has 5 nitrogen and oxygen atoms in total. The van der Waals surface area contributed by atoms with Crippen LogP contribution in [0.4, 0.5) is 4.39 Å². The summed E-state index contributed by atoms with van der Waals surface area (Å²) in [4.78, 5) is 11.3. The smallest absolute Gasteiger partial charge is 0.307 e. The zero-order chi connectivity index (χ0) is 29.1. The van der Waals surface area contributed by atoms with Crippen LogP contribution in [0, 0.1) is 12.7 Å². The van der Waals surface area contributed by atoms with Gasteiger partial charge < -0.3 is 19.7 Å². The number of phenolic OH excluding ortho intramolecular Hbond substituents is 1. The van der Waals surface area contributed by atoms with Crippen molar-refractivity contribution in [1.82, 2.24) is 0 Å². The largest absolute Gasteiger partial charge is 0.508 e. The number of carboxylic acids is 1. The van der Waals surface area contributed by atoms with Crippen molar-refractivity contribution in [1.29, 1.82) is 0 Å². The first-order valence-corrected chi connectivity index (χ1v) is 14.2. The highest BCUT2D eigenvalue weighted by molar-refractivity contribution is 9.11. The van der Waals surface area contributed by atoms with E-state index in [9.17, 15) is 19.4 Å². The molecule has 0 saturated heterocycles. The maximum absolute atomic E-state index is 14.1. The van der Waals surface area contributed by atoms with Gasteiger partial charge in [0, 0.05) is 28.7 Å². The highest BCUT2D eigenvalue weighted by Gasteiger charge is 2.27. The van der Waals surface area contributed by atoms with Crippen molar-refractivity contribution < 1.29 is 28.9 Å². The van der Waals surface area contributed by atoms with Gasteiger partial charge in [-0.25, -0.2) is 4.39 Å². The van der Waals surface area contributed by atoms with Gasteiger partial charge in [0.2, 0.25) is 0 Å². The number of carboxylic acid groups (broad SMARTS) is 1. The molecule has 0 spiro atoms. The van der Waals surface area contributed by atoms with Crippen molar-refractivity contribution >= 4 is 37.8 Å². The number of rotatable bonds is 9. The highest BCUT2D eigenvalue weighted by atomic mass is 79.9. The van der Waals surface area contributed by atoms with E-state index >= 15 is 0 Å². The van der Waals surface area contributed by atoms with Crippen molar-refractivity contribution in [2.24, 2.45) is 0 Å². The Balaban J connectivity index is 1.99. The Labute approximate surface area is 249 Å². The molecule has 0 fully saturated rings. The molecule has 4 rings (SSSR count). The minimum atomic E-state index is -0.938. The standard InChI is InChI=1S/C32H29Br2FO5/c1-17(2)23-15-29(40-32-25(33)11-19(12-26(32)34)13-30(37)38)24(16-28(23)39-4)31(20-7-5-6-18(3)10-20)22-9-8-21(35)14-27(22)36/h5-12,14-17,31,36H,13H2,1-4H3,(H,37,38). The summed E-state index contributed by atoms with van der Waals surface area (Å²) in [5.41, 5.74) is 4.62. The van der Waals surface area contributed by atoms with Gasteiger partial charge in [-0.3, -0.25) is 4.79 Å². The normalized spacial score (nSPS) is 11.9. The Morgan fingerprint density at radius 1 is 0.925 bits per heavy atom. The topological polar surface area (TPSA) is 76.0 Å². The molecule has 1 atom stereocenters. The van der Waals surface area contributed by atoms with Crippen molar-refractivity contribution in [3.63, 3.8) is 0 Å². The molecule has 8 heteroatoms. The molecule has 4 aromatic rings. The lowest BCUT2D eigenvalue weighted by Crippen LogP contribution is -2.09. The van der Waals surface area contributed by atoms with Gasteiger partial charge in [0.05, 0.1) is 22.5 Å². The van der Waals surface area contributed by atoms with Gasteiger partial charge in [-0.05, 0) is 86.2 Å². The minimum Gasteiger partial charge on any atom is -0.508 e. The van der Waals surface area contributed by atoms with Crippen LogP contribution in [0.2, 0.25) is 0 Å². The third-order valence-corrected chi connectivity index (χ3v) is 7.78. The first-order valence-electron chi connectivity index (χ1n) is 12.6. The second kappa shape index (κ2) is 12.4. The van der Waals surface area contributed by atoms with Crippen LogP contribution >= 0.6 is 31.9 Å². The van der Waals surface area contributed by atoms with Crippen molar-refractivity contribution in [2.45, 2.75) is 39.0 Å². The molecule has 0 aromatic heterocycles. The van der Waals surface area contributed by atoms with Crippen molar-refractivity contribution in [2.75, 3.05) is 7.11 Å². The summed E-state index contributed by atoms with van der Waals surface area (Å²) in [5.74, 6) is -0.457. The monoisotopic (exact) mass is 670 g/mol. The Kier molecular flexibility index (Phi) is 9.21. The second-order valence-corrected chi connectivity index (χ2v) is 11.6. The van der Waals surface area contributed by atoms with E-state index < -0.39 is 17.7 Å². The van der Waals surface area contributed by atoms with Crippen LogP contribution in [0.3, 0.4) is 0 Å². The molecule has 1 unspecified atom stereocenters. The predicted octanol–water partition coefficient (Wildman–Crippen LogP) is 9.10. The van der Waals surface area contributed by atoms with E-state index in [1.807, 2.05) is 43.3 Å². The summed E-state index contributed by atoms with van der Waals surface area (Å²) in [5, 5.41) is 20.2. The number of aromatic hydroxyl groups is 1. The molecule has 0 radical (unpaired) electrons. The van der Waals surface area contributed by atoms with E-state index in [0.29, 0.717) is 42.9 Å². The van der Waals surface area contributed by atoms with E-state index in [2.05, 4.69) is 45.7 Å². The number of methoxy groups -OCH3 is 1. The number of hydrogen-bond donors (Lipinski definition) is 2. The Hall–Kier alpha value is -3.36. The number of halogens is 3. The SMILES string of the molecule is COc1cc(C(c2cccc(C)c2)c2ccc(F)cc2O)c(Oc2c(Br)cc(CC(=O)O)cc2Br)cc1C(C)C. The van der Waals surface area contributed by atoms with Gasteiger partial charge in [-0.15, -0.1) is 0 Å². The maximum Gasteiger partial charge on any atom is 0.307 e. The number of ether oxygens (including phenoxy) is 2. The number of aryl methyl sites for hydroxylation is 1. The number of aliphatic carboxylic acids is 1. The summed E-state index contributed by atoms with van der Waals surface area (Å²) < 4.78 is 27.6. The van der Waals surface area contributed by atoms with E-state index in [0.717, 1.165) is 22.8 Å². The maximum atomic E-state index is 14.1. The lowest BCUT2D eigenvalue weighted by Gasteiger charge is -2.26. The fourth-order valence-electron chi connectivity index (χ4n) is 4.77. The zero-order valence-electron chi connectivity index (χ0n) is 22.5. The van der Waals surface area contributed by atoms with E-state index in [1.54, 1.807) is 25.3 Å². The Morgan fingerprint density at radius 2 is 1.60 bits per heavy atom. The average molecular weight is 672 g/mol. The van der Waals surface area contributed by atoms with Crippen LogP contribution in [0.1, 0.15) is 59.1 Å². The van der Waals surface area contributed by atoms with Gasteiger partial charge in [0.15, 0.2) is 5.75 Å². The third kappa shape index (κ3) is 6.50. The van der Waals surface area contributed by atoms with Gasteiger partial charge in [-0.2, -0.15) is 0 Å². The molecule has 208 valence electrons. The van der Waals surface area contributed by atoms with E-state index in [4.69, 9.17) is 9.47 Å². The lowest BCUT2D eigenvalue weighted by atomic mass is 9.82. The highest BCUT2D eigenvalue weighted by Crippen LogP contribution is 2.47. The van der Waals surface area contributed by atoms with Gasteiger partial charge in [-0.1, -0.05) is 49.7 Å². The summed E-state index contributed by atoms with van der Waals surface area (Å²) in [6.45, 7) is 6.09. The fraction of sp³-hybridized carbons (Fsp3) is 0.219. The summed E-state index contributed by atoms with van der Waals surface area (Å²) >= 11 is 7.09. The molecule has 0 aliphatic heterocycles. The molecule has 40 heavy (non-hydrogen) atoms. The number of phenols is 1. The van der Waals surface area contributed by atoms with Crippen LogP contribution in [0.5, 0.6) is 23.0 Å². The quantitative estimate of drug-likeness (QED) is 0.174. The van der Waals surface area contributed by atoms with Gasteiger partial charge >= 0.3 is 5.97 Å². The molecule has 0 saturated carbocycles. The number of hydrogen-bond acceptors (Lipinski definition) is 4. The molecule has 0 aliphatic rings. The molecule has 0 amide bonds. The van der Waals surface area contributed by atoms with Crippen LogP contribution in [-0.2, 0) is 11.2 Å². The van der Waals surface area contributed by atoms with Crippen LogP contribution < -0.4 is 9.47 Å².